The number of hydrogen-bond acceptors (Lipinski definition) is 3. The summed E-state index contributed by atoms with van der Waals surface area (Å²) in [4.78, 5) is 12.5. The van der Waals surface area contributed by atoms with Gasteiger partial charge in [-0.05, 0) is 48.3 Å². The molecule has 126 valence electrons. The van der Waals surface area contributed by atoms with Crippen molar-refractivity contribution in [2.75, 3.05) is 12.4 Å². The maximum atomic E-state index is 12.5. The fourth-order valence-electron chi connectivity index (χ4n) is 2.54. The predicted octanol–water partition coefficient (Wildman–Crippen LogP) is 4.25. The van der Waals surface area contributed by atoms with Gasteiger partial charge in [0.1, 0.15) is 5.75 Å². The van der Waals surface area contributed by atoms with E-state index in [0.717, 1.165) is 16.8 Å². The first-order chi connectivity index (χ1) is 11.4. The second-order valence-electron chi connectivity index (χ2n) is 5.81. The third-order valence-corrected chi connectivity index (χ3v) is 3.92. The van der Waals surface area contributed by atoms with Crippen LogP contribution in [0.5, 0.6) is 5.75 Å². The number of hydrogen-bond donors (Lipinski definition) is 2. The number of benzene rings is 2. The van der Waals surface area contributed by atoms with Crippen molar-refractivity contribution in [2.24, 2.45) is 0 Å². The summed E-state index contributed by atoms with van der Waals surface area (Å²) in [6, 6.07) is 13.3. The maximum absolute atomic E-state index is 12.5. The summed E-state index contributed by atoms with van der Waals surface area (Å²) in [6.45, 7) is 6.12. The van der Waals surface area contributed by atoms with E-state index in [1.165, 1.54) is 0 Å². The number of thiocarbonyl (C=S) groups is 1. The van der Waals surface area contributed by atoms with Crippen molar-refractivity contribution >= 4 is 28.9 Å². The number of para-hydroxylation sites is 2. The van der Waals surface area contributed by atoms with Crippen molar-refractivity contribution < 1.29 is 9.53 Å². The highest BCUT2D eigenvalue weighted by atomic mass is 32.1. The minimum absolute atomic E-state index is 0.261. The normalized spacial score (nSPS) is 10.4. The molecule has 0 aliphatic rings. The molecule has 0 atom stereocenters. The molecular weight excluding hydrogens is 320 g/mol. The first kappa shape index (κ1) is 17.9. The molecule has 0 unspecified atom stereocenters. The Morgan fingerprint density at radius 3 is 2.50 bits per heavy atom. The highest BCUT2D eigenvalue weighted by molar-refractivity contribution is 7.80. The SMILES string of the molecule is COc1c(C)cccc1C(=O)NC(=S)Nc1ccccc1C(C)C. The van der Waals surface area contributed by atoms with Crippen LogP contribution < -0.4 is 15.4 Å². The summed E-state index contributed by atoms with van der Waals surface area (Å²) < 4.78 is 5.32. The Bertz CT molecular complexity index is 757. The van der Waals surface area contributed by atoms with E-state index in [1.807, 2.05) is 43.3 Å². The third kappa shape index (κ3) is 4.11. The van der Waals surface area contributed by atoms with E-state index < -0.39 is 0 Å². The van der Waals surface area contributed by atoms with Gasteiger partial charge < -0.3 is 10.1 Å². The van der Waals surface area contributed by atoms with Crippen LogP contribution in [-0.4, -0.2) is 18.1 Å². The molecule has 1 amide bonds. The van der Waals surface area contributed by atoms with E-state index in [2.05, 4.69) is 24.5 Å². The molecule has 2 aromatic rings. The minimum atomic E-state index is -0.296. The Hall–Kier alpha value is -2.40. The van der Waals surface area contributed by atoms with Gasteiger partial charge in [0.15, 0.2) is 5.11 Å². The fraction of sp³-hybridized carbons (Fsp3) is 0.263. The van der Waals surface area contributed by atoms with Crippen molar-refractivity contribution in [2.45, 2.75) is 26.7 Å². The lowest BCUT2D eigenvalue weighted by Gasteiger charge is -2.16. The Balaban J connectivity index is 2.14. The van der Waals surface area contributed by atoms with Crippen LogP contribution in [0, 0.1) is 6.92 Å². The Kier molecular flexibility index (Phi) is 5.93. The zero-order chi connectivity index (χ0) is 17.7. The molecule has 0 heterocycles. The van der Waals surface area contributed by atoms with E-state index >= 15 is 0 Å². The number of anilines is 1. The molecule has 0 radical (unpaired) electrons. The van der Waals surface area contributed by atoms with Gasteiger partial charge in [0, 0.05) is 5.69 Å². The van der Waals surface area contributed by atoms with Crippen molar-refractivity contribution in [1.82, 2.24) is 5.32 Å². The van der Waals surface area contributed by atoms with Crippen LogP contribution in [-0.2, 0) is 0 Å². The largest absolute Gasteiger partial charge is 0.496 e. The highest BCUT2D eigenvalue weighted by Gasteiger charge is 2.15. The molecule has 4 nitrogen and oxygen atoms in total. The smallest absolute Gasteiger partial charge is 0.261 e. The van der Waals surface area contributed by atoms with E-state index in [4.69, 9.17) is 17.0 Å². The monoisotopic (exact) mass is 342 g/mol. The van der Waals surface area contributed by atoms with E-state index in [0.29, 0.717) is 17.2 Å². The van der Waals surface area contributed by atoms with Crippen LogP contribution >= 0.6 is 12.2 Å². The molecule has 0 aromatic heterocycles. The van der Waals surface area contributed by atoms with Gasteiger partial charge in [-0.15, -0.1) is 0 Å². The molecule has 2 aromatic carbocycles. The first-order valence-corrected chi connectivity index (χ1v) is 8.19. The van der Waals surface area contributed by atoms with Gasteiger partial charge in [-0.2, -0.15) is 0 Å². The highest BCUT2D eigenvalue weighted by Crippen LogP contribution is 2.24. The predicted molar refractivity (Wildman–Crippen MR) is 102 cm³/mol. The van der Waals surface area contributed by atoms with Gasteiger partial charge in [0.25, 0.3) is 5.91 Å². The summed E-state index contributed by atoms with van der Waals surface area (Å²) in [7, 11) is 1.55. The lowest BCUT2D eigenvalue weighted by atomic mass is 10.0. The molecule has 24 heavy (non-hydrogen) atoms. The molecule has 0 saturated heterocycles. The Morgan fingerprint density at radius 2 is 1.83 bits per heavy atom. The summed E-state index contributed by atoms with van der Waals surface area (Å²) >= 11 is 5.29. The molecule has 0 spiro atoms. The number of aryl methyl sites for hydroxylation is 1. The first-order valence-electron chi connectivity index (χ1n) is 7.79. The minimum Gasteiger partial charge on any atom is -0.496 e. The molecule has 0 aliphatic carbocycles. The number of nitrogens with one attached hydrogen (secondary N) is 2. The zero-order valence-corrected chi connectivity index (χ0v) is 15.2. The van der Waals surface area contributed by atoms with Crippen LogP contribution in [0.2, 0.25) is 0 Å². The van der Waals surface area contributed by atoms with Crippen LogP contribution in [0.3, 0.4) is 0 Å². The number of carbonyl (C=O) groups is 1. The quantitative estimate of drug-likeness (QED) is 0.816. The molecule has 0 saturated carbocycles. The zero-order valence-electron chi connectivity index (χ0n) is 14.3. The number of carbonyl (C=O) groups excluding carboxylic acids is 1. The number of ether oxygens (including phenoxy) is 1. The molecular formula is C19H22N2O2S. The third-order valence-electron chi connectivity index (χ3n) is 3.72. The Morgan fingerprint density at radius 1 is 1.12 bits per heavy atom. The second-order valence-corrected chi connectivity index (χ2v) is 6.21. The number of rotatable bonds is 4. The molecule has 0 aliphatic heterocycles. The molecule has 2 N–H and O–H groups in total. The molecule has 5 heteroatoms. The Labute approximate surface area is 148 Å². The maximum Gasteiger partial charge on any atom is 0.261 e. The van der Waals surface area contributed by atoms with Gasteiger partial charge in [-0.1, -0.05) is 44.2 Å². The fourth-order valence-corrected chi connectivity index (χ4v) is 2.74. The summed E-state index contributed by atoms with van der Waals surface area (Å²) in [5.41, 5.74) is 3.39. The van der Waals surface area contributed by atoms with Crippen molar-refractivity contribution in [3.05, 3.63) is 59.2 Å². The van der Waals surface area contributed by atoms with E-state index in [-0.39, 0.29) is 11.0 Å². The van der Waals surface area contributed by atoms with Gasteiger partial charge in [-0.3, -0.25) is 10.1 Å². The van der Waals surface area contributed by atoms with Crippen molar-refractivity contribution in [1.29, 1.82) is 0 Å². The topological polar surface area (TPSA) is 50.4 Å². The molecule has 0 bridgehead atoms. The standard InChI is InChI=1S/C19H22N2O2S/c1-12(2)14-9-5-6-11-16(14)20-19(24)21-18(22)15-10-7-8-13(3)17(15)23-4/h5-12H,1-4H3,(H2,20,21,22,24). The summed E-state index contributed by atoms with van der Waals surface area (Å²) in [6.07, 6.45) is 0. The van der Waals surface area contributed by atoms with Gasteiger partial charge in [-0.25, -0.2) is 0 Å². The summed E-state index contributed by atoms with van der Waals surface area (Å²) in [5, 5.41) is 6.08. The average Bonchev–Trinajstić information content (AvgIpc) is 2.54. The van der Waals surface area contributed by atoms with Gasteiger partial charge in [0.05, 0.1) is 12.7 Å². The van der Waals surface area contributed by atoms with E-state index in [9.17, 15) is 4.79 Å². The molecule has 2 rings (SSSR count). The van der Waals surface area contributed by atoms with Gasteiger partial charge in [0.2, 0.25) is 0 Å². The summed E-state index contributed by atoms with van der Waals surface area (Å²) in [5.74, 6) is 0.611. The average molecular weight is 342 g/mol. The molecule has 0 fully saturated rings. The lowest BCUT2D eigenvalue weighted by Crippen LogP contribution is -2.34. The van der Waals surface area contributed by atoms with Crippen LogP contribution in [0.25, 0.3) is 0 Å². The van der Waals surface area contributed by atoms with Crippen molar-refractivity contribution in [3.8, 4) is 5.75 Å². The van der Waals surface area contributed by atoms with E-state index in [1.54, 1.807) is 13.2 Å². The second kappa shape index (κ2) is 7.93. The van der Waals surface area contributed by atoms with Crippen LogP contribution in [0.15, 0.2) is 42.5 Å². The number of methoxy groups -OCH3 is 1. The van der Waals surface area contributed by atoms with Gasteiger partial charge >= 0.3 is 0 Å². The van der Waals surface area contributed by atoms with Crippen molar-refractivity contribution in [3.63, 3.8) is 0 Å². The van der Waals surface area contributed by atoms with Crippen LogP contribution in [0.4, 0.5) is 5.69 Å². The lowest BCUT2D eigenvalue weighted by molar-refractivity contribution is 0.0974. The number of amides is 1. The van der Waals surface area contributed by atoms with Crippen LogP contribution in [0.1, 0.15) is 41.3 Å².